The molecule has 0 saturated heterocycles. The molecule has 0 bridgehead atoms. The Hall–Kier alpha value is -0.890. The molecule has 0 saturated carbocycles. The third-order valence-electron chi connectivity index (χ3n) is 2.96. The zero-order valence-electron chi connectivity index (χ0n) is 8.92. The molecule has 0 aromatic carbocycles. The van der Waals surface area contributed by atoms with Crippen molar-refractivity contribution in [3.8, 4) is 0 Å². The van der Waals surface area contributed by atoms with Gasteiger partial charge in [0.1, 0.15) is 0 Å². The summed E-state index contributed by atoms with van der Waals surface area (Å²) in [7, 11) is 0. The molecular weight excluding hydrogens is 176 g/mol. The molecular formula is C12H18O2. The van der Waals surface area contributed by atoms with Crippen molar-refractivity contribution in [3.63, 3.8) is 0 Å². The van der Waals surface area contributed by atoms with Gasteiger partial charge in [-0.2, -0.15) is 0 Å². The predicted octanol–water partition coefficient (Wildman–Crippen LogP) is 2.10. The molecule has 2 heteroatoms. The van der Waals surface area contributed by atoms with Crippen LogP contribution in [0.25, 0.3) is 0 Å². The van der Waals surface area contributed by atoms with Crippen LogP contribution in [0.4, 0.5) is 0 Å². The lowest BCUT2D eigenvalue weighted by Gasteiger charge is -2.29. The summed E-state index contributed by atoms with van der Waals surface area (Å²) in [5, 5.41) is 8.92. The van der Waals surface area contributed by atoms with E-state index in [9.17, 15) is 4.79 Å². The van der Waals surface area contributed by atoms with Crippen LogP contribution < -0.4 is 0 Å². The van der Waals surface area contributed by atoms with E-state index in [2.05, 4.69) is 6.58 Å². The minimum absolute atomic E-state index is 0.0532. The zero-order valence-corrected chi connectivity index (χ0v) is 8.92. The maximum absolute atomic E-state index is 11.8. The minimum Gasteiger partial charge on any atom is -0.396 e. The van der Waals surface area contributed by atoms with Gasteiger partial charge in [-0.1, -0.05) is 18.2 Å². The predicted molar refractivity (Wildman–Crippen MR) is 56.9 cm³/mol. The molecule has 78 valence electrons. The van der Waals surface area contributed by atoms with Crippen molar-refractivity contribution in [3.05, 3.63) is 23.8 Å². The highest BCUT2D eigenvalue weighted by atomic mass is 16.3. The van der Waals surface area contributed by atoms with Gasteiger partial charge in [0.05, 0.1) is 0 Å². The van der Waals surface area contributed by atoms with Crippen molar-refractivity contribution in [2.24, 2.45) is 11.8 Å². The average Bonchev–Trinajstić information content (AvgIpc) is 2.13. The van der Waals surface area contributed by atoms with E-state index in [1.54, 1.807) is 0 Å². The van der Waals surface area contributed by atoms with Crippen LogP contribution in [0.15, 0.2) is 23.8 Å². The average molecular weight is 194 g/mol. The summed E-state index contributed by atoms with van der Waals surface area (Å²) < 4.78 is 0. The Balaban J connectivity index is 2.87. The number of carbonyl (C=O) groups excluding carboxylic acids is 1. The Bertz CT molecular complexity index is 276. The van der Waals surface area contributed by atoms with Gasteiger partial charge >= 0.3 is 0 Å². The van der Waals surface area contributed by atoms with Crippen molar-refractivity contribution in [1.82, 2.24) is 0 Å². The Morgan fingerprint density at radius 3 is 2.86 bits per heavy atom. The number of aliphatic hydroxyl groups excluding tert-OH is 1. The Morgan fingerprint density at radius 1 is 1.71 bits per heavy atom. The van der Waals surface area contributed by atoms with E-state index in [0.717, 1.165) is 17.6 Å². The molecule has 1 aliphatic carbocycles. The molecule has 2 atom stereocenters. The summed E-state index contributed by atoms with van der Waals surface area (Å²) in [5.41, 5.74) is 1.88. The van der Waals surface area contributed by atoms with Crippen molar-refractivity contribution in [2.45, 2.75) is 26.7 Å². The first-order chi connectivity index (χ1) is 6.57. The van der Waals surface area contributed by atoms with Crippen LogP contribution in [-0.2, 0) is 4.79 Å². The van der Waals surface area contributed by atoms with E-state index in [0.29, 0.717) is 6.42 Å². The van der Waals surface area contributed by atoms with Gasteiger partial charge in [0, 0.05) is 12.5 Å². The maximum Gasteiger partial charge on any atom is 0.162 e. The van der Waals surface area contributed by atoms with Crippen molar-refractivity contribution >= 4 is 5.78 Å². The van der Waals surface area contributed by atoms with E-state index in [1.165, 1.54) is 0 Å². The van der Waals surface area contributed by atoms with Crippen molar-refractivity contribution in [2.75, 3.05) is 6.61 Å². The molecule has 2 unspecified atom stereocenters. The second-order valence-electron chi connectivity index (χ2n) is 4.06. The fourth-order valence-electron chi connectivity index (χ4n) is 2.06. The summed E-state index contributed by atoms with van der Waals surface area (Å²) in [5.74, 6) is 0.346. The molecule has 1 aliphatic rings. The SMILES string of the molecule is C=C(C)C1CC=C(C)C(=O)C1CCO. The summed E-state index contributed by atoms with van der Waals surface area (Å²) in [4.78, 5) is 11.8. The summed E-state index contributed by atoms with van der Waals surface area (Å²) >= 11 is 0. The van der Waals surface area contributed by atoms with Crippen LogP contribution in [0.3, 0.4) is 0 Å². The molecule has 0 aromatic rings. The number of hydrogen-bond donors (Lipinski definition) is 1. The van der Waals surface area contributed by atoms with Gasteiger partial charge in [0.15, 0.2) is 5.78 Å². The Kier molecular flexibility index (Phi) is 3.64. The molecule has 0 aromatic heterocycles. The number of carbonyl (C=O) groups is 1. The standard InChI is InChI=1S/C12H18O2/c1-8(2)10-5-4-9(3)12(14)11(10)6-7-13/h4,10-11,13H,1,5-7H2,2-3H3. The highest BCUT2D eigenvalue weighted by Gasteiger charge is 2.31. The van der Waals surface area contributed by atoms with Crippen LogP contribution >= 0.6 is 0 Å². The molecule has 0 spiro atoms. The highest BCUT2D eigenvalue weighted by Crippen LogP contribution is 2.33. The quantitative estimate of drug-likeness (QED) is 0.698. The van der Waals surface area contributed by atoms with Gasteiger partial charge in [-0.05, 0) is 38.2 Å². The third kappa shape index (κ3) is 2.13. The maximum atomic E-state index is 11.8. The number of ketones is 1. The van der Waals surface area contributed by atoms with Gasteiger partial charge in [-0.3, -0.25) is 4.79 Å². The van der Waals surface area contributed by atoms with Crippen LogP contribution in [0.1, 0.15) is 26.7 Å². The number of rotatable bonds is 3. The normalized spacial score (nSPS) is 27.4. The van der Waals surface area contributed by atoms with Gasteiger partial charge < -0.3 is 5.11 Å². The molecule has 1 rings (SSSR count). The molecule has 0 aliphatic heterocycles. The highest BCUT2D eigenvalue weighted by molar-refractivity contribution is 5.97. The summed E-state index contributed by atoms with van der Waals surface area (Å²) in [6.45, 7) is 7.79. The minimum atomic E-state index is -0.0532. The smallest absolute Gasteiger partial charge is 0.162 e. The lowest BCUT2D eigenvalue weighted by Crippen LogP contribution is -2.29. The van der Waals surface area contributed by atoms with Gasteiger partial charge in [-0.25, -0.2) is 0 Å². The van der Waals surface area contributed by atoms with Crippen molar-refractivity contribution < 1.29 is 9.90 Å². The molecule has 0 radical (unpaired) electrons. The van der Waals surface area contributed by atoms with E-state index < -0.39 is 0 Å². The number of allylic oxidation sites excluding steroid dienone is 3. The topological polar surface area (TPSA) is 37.3 Å². The number of hydrogen-bond acceptors (Lipinski definition) is 2. The molecule has 0 fully saturated rings. The fraction of sp³-hybridized carbons (Fsp3) is 0.583. The molecule has 0 heterocycles. The first-order valence-electron chi connectivity index (χ1n) is 5.05. The Morgan fingerprint density at radius 2 is 2.36 bits per heavy atom. The monoisotopic (exact) mass is 194 g/mol. The van der Waals surface area contributed by atoms with Crippen LogP contribution in [0, 0.1) is 11.8 Å². The molecule has 2 nitrogen and oxygen atoms in total. The molecule has 14 heavy (non-hydrogen) atoms. The zero-order chi connectivity index (χ0) is 10.7. The van der Waals surface area contributed by atoms with Crippen LogP contribution in [-0.4, -0.2) is 17.5 Å². The van der Waals surface area contributed by atoms with Crippen LogP contribution in [0.2, 0.25) is 0 Å². The van der Waals surface area contributed by atoms with Gasteiger partial charge in [-0.15, -0.1) is 0 Å². The summed E-state index contributed by atoms with van der Waals surface area (Å²) in [6.07, 6.45) is 3.43. The van der Waals surface area contributed by atoms with E-state index >= 15 is 0 Å². The van der Waals surface area contributed by atoms with Gasteiger partial charge in [0.2, 0.25) is 0 Å². The number of aliphatic hydroxyl groups is 1. The lowest BCUT2D eigenvalue weighted by atomic mass is 9.74. The second-order valence-corrected chi connectivity index (χ2v) is 4.06. The third-order valence-corrected chi connectivity index (χ3v) is 2.96. The molecule has 1 N–H and O–H groups in total. The first kappa shape index (κ1) is 11.2. The lowest BCUT2D eigenvalue weighted by molar-refractivity contribution is -0.121. The molecule has 0 amide bonds. The van der Waals surface area contributed by atoms with E-state index in [-0.39, 0.29) is 24.2 Å². The summed E-state index contributed by atoms with van der Waals surface area (Å²) in [6, 6.07) is 0. The second kappa shape index (κ2) is 4.56. The van der Waals surface area contributed by atoms with Crippen molar-refractivity contribution in [1.29, 1.82) is 0 Å². The largest absolute Gasteiger partial charge is 0.396 e. The first-order valence-corrected chi connectivity index (χ1v) is 5.05. The van der Waals surface area contributed by atoms with E-state index in [1.807, 2.05) is 19.9 Å². The van der Waals surface area contributed by atoms with Gasteiger partial charge in [0.25, 0.3) is 0 Å². The Labute approximate surface area is 85.3 Å². The van der Waals surface area contributed by atoms with Crippen LogP contribution in [0.5, 0.6) is 0 Å². The number of Topliss-reactive ketones (excluding diaryl/α,β-unsaturated/α-hetero) is 1. The fourth-order valence-corrected chi connectivity index (χ4v) is 2.06. The van der Waals surface area contributed by atoms with E-state index in [4.69, 9.17) is 5.11 Å².